The molecular formula is C17H24N2O2. The molecule has 1 unspecified atom stereocenters. The van der Waals surface area contributed by atoms with Gasteiger partial charge in [0.2, 0.25) is 5.91 Å². The molecular weight excluding hydrogens is 264 g/mol. The average Bonchev–Trinajstić information content (AvgIpc) is 3.31. The van der Waals surface area contributed by atoms with Gasteiger partial charge >= 0.3 is 0 Å². The number of rotatable bonds is 5. The third-order valence-electron chi connectivity index (χ3n) is 4.26. The molecule has 1 saturated carbocycles. The van der Waals surface area contributed by atoms with E-state index in [2.05, 4.69) is 35.8 Å². The largest absolute Gasteiger partial charge is 0.493 e. The number of para-hydroxylation sites is 1. The molecule has 1 heterocycles. The van der Waals surface area contributed by atoms with Crippen molar-refractivity contribution in [2.24, 2.45) is 5.92 Å². The van der Waals surface area contributed by atoms with Crippen LogP contribution in [-0.4, -0.2) is 25.6 Å². The molecule has 0 radical (unpaired) electrons. The van der Waals surface area contributed by atoms with Crippen LogP contribution in [0.15, 0.2) is 18.2 Å². The van der Waals surface area contributed by atoms with Gasteiger partial charge in [-0.3, -0.25) is 4.79 Å². The van der Waals surface area contributed by atoms with Gasteiger partial charge in [0.15, 0.2) is 0 Å². The van der Waals surface area contributed by atoms with Crippen LogP contribution < -0.4 is 15.4 Å². The van der Waals surface area contributed by atoms with Gasteiger partial charge in [0.1, 0.15) is 5.75 Å². The maximum Gasteiger partial charge on any atom is 0.223 e. The predicted octanol–water partition coefficient (Wildman–Crippen LogP) is 2.32. The van der Waals surface area contributed by atoms with E-state index in [-0.39, 0.29) is 5.91 Å². The monoisotopic (exact) mass is 288 g/mol. The standard InChI is InChI=1S/C17H24N2O2/c1-12-4-2-5-14-15(6-3-11-21-16(12)14)18-9-10-19-17(20)13-7-8-13/h2,4-5,13,15,18H,3,6-11H2,1H3,(H,19,20). The van der Waals surface area contributed by atoms with E-state index in [1.165, 1.54) is 11.1 Å². The maximum absolute atomic E-state index is 11.6. The summed E-state index contributed by atoms with van der Waals surface area (Å²) in [6, 6.07) is 6.65. The lowest BCUT2D eigenvalue weighted by Gasteiger charge is -2.19. The fourth-order valence-corrected chi connectivity index (χ4v) is 2.90. The molecule has 114 valence electrons. The number of hydrogen-bond donors (Lipinski definition) is 2. The highest BCUT2D eigenvalue weighted by Gasteiger charge is 2.29. The molecule has 1 aromatic carbocycles. The molecule has 2 N–H and O–H groups in total. The first-order valence-electron chi connectivity index (χ1n) is 7.99. The lowest BCUT2D eigenvalue weighted by atomic mass is 10.00. The third-order valence-corrected chi connectivity index (χ3v) is 4.26. The first-order valence-corrected chi connectivity index (χ1v) is 7.99. The quantitative estimate of drug-likeness (QED) is 0.818. The predicted molar refractivity (Wildman–Crippen MR) is 82.4 cm³/mol. The van der Waals surface area contributed by atoms with Crippen molar-refractivity contribution in [1.29, 1.82) is 0 Å². The van der Waals surface area contributed by atoms with Crippen LogP contribution in [0.3, 0.4) is 0 Å². The highest BCUT2D eigenvalue weighted by atomic mass is 16.5. The summed E-state index contributed by atoms with van der Waals surface area (Å²) in [7, 11) is 0. The van der Waals surface area contributed by atoms with Crippen molar-refractivity contribution in [3.63, 3.8) is 0 Å². The van der Waals surface area contributed by atoms with Crippen LogP contribution in [0.4, 0.5) is 0 Å². The number of aryl methyl sites for hydroxylation is 1. The Hall–Kier alpha value is -1.55. The van der Waals surface area contributed by atoms with Crippen molar-refractivity contribution in [1.82, 2.24) is 10.6 Å². The smallest absolute Gasteiger partial charge is 0.223 e. The summed E-state index contributed by atoms with van der Waals surface area (Å²) in [4.78, 5) is 11.6. The second-order valence-electron chi connectivity index (χ2n) is 6.06. The van der Waals surface area contributed by atoms with Gasteiger partial charge in [-0.25, -0.2) is 0 Å². The van der Waals surface area contributed by atoms with E-state index in [0.29, 0.717) is 18.5 Å². The molecule has 0 aromatic heterocycles. The maximum atomic E-state index is 11.6. The van der Waals surface area contributed by atoms with E-state index >= 15 is 0 Å². The Labute approximate surface area is 126 Å². The van der Waals surface area contributed by atoms with Crippen molar-refractivity contribution in [2.45, 2.75) is 38.6 Å². The number of fused-ring (bicyclic) bond motifs is 1. The molecule has 1 aliphatic carbocycles. The van der Waals surface area contributed by atoms with Crippen LogP contribution in [0.5, 0.6) is 5.75 Å². The minimum absolute atomic E-state index is 0.220. The van der Waals surface area contributed by atoms with Crippen molar-refractivity contribution < 1.29 is 9.53 Å². The SMILES string of the molecule is Cc1cccc2c1OCCCC2NCCNC(=O)C1CC1. The van der Waals surface area contributed by atoms with Gasteiger partial charge in [-0.05, 0) is 38.2 Å². The lowest BCUT2D eigenvalue weighted by molar-refractivity contribution is -0.122. The average molecular weight is 288 g/mol. The van der Waals surface area contributed by atoms with Crippen LogP contribution in [-0.2, 0) is 4.79 Å². The Kier molecular flexibility index (Phi) is 4.44. The highest BCUT2D eigenvalue weighted by Crippen LogP contribution is 2.33. The molecule has 0 spiro atoms. The summed E-state index contributed by atoms with van der Waals surface area (Å²) in [6.45, 7) is 4.38. The Bertz CT molecular complexity index is 512. The third kappa shape index (κ3) is 3.56. The van der Waals surface area contributed by atoms with Crippen molar-refractivity contribution in [2.75, 3.05) is 19.7 Å². The highest BCUT2D eigenvalue weighted by molar-refractivity contribution is 5.80. The fourth-order valence-electron chi connectivity index (χ4n) is 2.90. The zero-order chi connectivity index (χ0) is 14.7. The van der Waals surface area contributed by atoms with Gasteiger partial charge in [0.25, 0.3) is 0 Å². The number of ether oxygens (including phenoxy) is 1. The van der Waals surface area contributed by atoms with Gasteiger partial charge in [0, 0.05) is 30.6 Å². The molecule has 0 saturated heterocycles. The number of amides is 1. The summed E-state index contributed by atoms with van der Waals surface area (Å²) >= 11 is 0. The number of carbonyl (C=O) groups is 1. The van der Waals surface area contributed by atoms with E-state index in [9.17, 15) is 4.79 Å². The van der Waals surface area contributed by atoms with E-state index in [1.54, 1.807) is 0 Å². The second-order valence-corrected chi connectivity index (χ2v) is 6.06. The number of hydrogen-bond acceptors (Lipinski definition) is 3. The fraction of sp³-hybridized carbons (Fsp3) is 0.588. The Morgan fingerprint density at radius 2 is 2.14 bits per heavy atom. The summed E-state index contributed by atoms with van der Waals surface area (Å²) < 4.78 is 5.88. The summed E-state index contributed by atoms with van der Waals surface area (Å²) in [5.41, 5.74) is 2.45. The van der Waals surface area contributed by atoms with Gasteiger partial charge in [0.05, 0.1) is 6.61 Å². The molecule has 1 amide bonds. The van der Waals surface area contributed by atoms with Gasteiger partial charge in [-0.2, -0.15) is 0 Å². The molecule has 0 bridgehead atoms. The first-order chi connectivity index (χ1) is 10.3. The second kappa shape index (κ2) is 6.48. The Morgan fingerprint density at radius 1 is 1.29 bits per heavy atom. The molecule has 1 fully saturated rings. The number of nitrogens with one attached hydrogen (secondary N) is 2. The molecule has 1 aromatic rings. The first kappa shape index (κ1) is 14.4. The molecule has 3 rings (SSSR count). The Morgan fingerprint density at radius 3 is 2.95 bits per heavy atom. The Balaban J connectivity index is 1.55. The van der Waals surface area contributed by atoms with Crippen LogP contribution in [0, 0.1) is 12.8 Å². The van der Waals surface area contributed by atoms with Crippen molar-refractivity contribution in [3.05, 3.63) is 29.3 Å². The molecule has 21 heavy (non-hydrogen) atoms. The number of benzene rings is 1. The zero-order valence-corrected chi connectivity index (χ0v) is 12.7. The molecule has 1 aliphatic heterocycles. The molecule has 2 aliphatic rings. The van der Waals surface area contributed by atoms with Gasteiger partial charge in [-0.15, -0.1) is 0 Å². The van der Waals surface area contributed by atoms with Crippen molar-refractivity contribution >= 4 is 5.91 Å². The topological polar surface area (TPSA) is 50.4 Å². The minimum atomic E-state index is 0.220. The molecule has 4 nitrogen and oxygen atoms in total. The van der Waals surface area contributed by atoms with Gasteiger partial charge in [-0.1, -0.05) is 18.2 Å². The van der Waals surface area contributed by atoms with E-state index < -0.39 is 0 Å². The normalized spacial score (nSPS) is 21.1. The lowest BCUT2D eigenvalue weighted by Crippen LogP contribution is -2.34. The van der Waals surface area contributed by atoms with Gasteiger partial charge < -0.3 is 15.4 Å². The van der Waals surface area contributed by atoms with Crippen molar-refractivity contribution in [3.8, 4) is 5.75 Å². The van der Waals surface area contributed by atoms with Crippen LogP contribution in [0.1, 0.15) is 42.9 Å². The zero-order valence-electron chi connectivity index (χ0n) is 12.7. The summed E-state index contributed by atoms with van der Waals surface area (Å²) in [5, 5.41) is 6.57. The number of carbonyl (C=O) groups excluding carboxylic acids is 1. The van der Waals surface area contributed by atoms with E-state index in [0.717, 1.165) is 44.6 Å². The van der Waals surface area contributed by atoms with Crippen LogP contribution >= 0.6 is 0 Å². The minimum Gasteiger partial charge on any atom is -0.493 e. The van der Waals surface area contributed by atoms with Crippen LogP contribution in [0.2, 0.25) is 0 Å². The summed E-state index contributed by atoms with van der Waals surface area (Å²) in [6.07, 6.45) is 4.25. The van der Waals surface area contributed by atoms with E-state index in [4.69, 9.17) is 4.74 Å². The van der Waals surface area contributed by atoms with Crippen LogP contribution in [0.25, 0.3) is 0 Å². The summed E-state index contributed by atoms with van der Waals surface area (Å²) in [5.74, 6) is 1.55. The van der Waals surface area contributed by atoms with E-state index in [1.807, 2.05) is 0 Å². The molecule has 4 heteroatoms. The molecule has 1 atom stereocenters.